The molecule has 0 unspecified atom stereocenters. The Hall–Kier alpha value is -2.69. The number of nitrogens with zero attached hydrogens (tertiary/aromatic N) is 2. The maximum atomic E-state index is 12.2. The third-order valence-electron chi connectivity index (χ3n) is 3.39. The van der Waals surface area contributed by atoms with Crippen molar-refractivity contribution in [2.75, 3.05) is 0 Å². The third-order valence-corrected chi connectivity index (χ3v) is 3.39. The van der Waals surface area contributed by atoms with Gasteiger partial charge in [0.1, 0.15) is 0 Å². The van der Waals surface area contributed by atoms with Crippen LogP contribution in [0.2, 0.25) is 0 Å². The van der Waals surface area contributed by atoms with Crippen molar-refractivity contribution in [3.63, 3.8) is 0 Å². The highest BCUT2D eigenvalue weighted by molar-refractivity contribution is 6.21. The standard InChI is InChI=1S/C15H12N2O3/c1-16-7-6-10(8-13(16)18)9-17-14(19)11-4-2-3-5-12(11)15(17)20/h2-8H,9H2,1H3. The molecular formula is C15H12N2O3. The van der Waals surface area contributed by atoms with Gasteiger partial charge in [0.2, 0.25) is 0 Å². The summed E-state index contributed by atoms with van der Waals surface area (Å²) in [6, 6.07) is 9.89. The highest BCUT2D eigenvalue weighted by Gasteiger charge is 2.34. The number of aryl methyl sites for hydroxylation is 1. The molecule has 0 saturated heterocycles. The molecule has 0 atom stereocenters. The van der Waals surface area contributed by atoms with Gasteiger partial charge in [-0.1, -0.05) is 12.1 Å². The molecule has 2 heterocycles. The Morgan fingerprint density at radius 3 is 2.10 bits per heavy atom. The minimum atomic E-state index is -0.314. The fourth-order valence-electron chi connectivity index (χ4n) is 2.25. The zero-order valence-electron chi connectivity index (χ0n) is 10.9. The normalized spacial score (nSPS) is 13.8. The molecule has 20 heavy (non-hydrogen) atoms. The van der Waals surface area contributed by atoms with Crippen molar-refractivity contribution in [3.05, 3.63) is 69.6 Å². The second kappa shape index (κ2) is 4.45. The summed E-state index contributed by atoms with van der Waals surface area (Å²) in [6.07, 6.45) is 1.62. The maximum Gasteiger partial charge on any atom is 0.261 e. The number of fused-ring (bicyclic) bond motifs is 1. The molecule has 0 saturated carbocycles. The van der Waals surface area contributed by atoms with Gasteiger partial charge in [-0.05, 0) is 23.8 Å². The molecule has 0 radical (unpaired) electrons. The average molecular weight is 268 g/mol. The van der Waals surface area contributed by atoms with E-state index < -0.39 is 0 Å². The number of imide groups is 1. The summed E-state index contributed by atoms with van der Waals surface area (Å²) in [5.41, 5.74) is 1.31. The van der Waals surface area contributed by atoms with E-state index in [4.69, 9.17) is 0 Å². The van der Waals surface area contributed by atoms with Crippen LogP contribution in [0.15, 0.2) is 47.4 Å². The van der Waals surface area contributed by atoms with E-state index in [1.54, 1.807) is 43.6 Å². The number of hydrogen-bond donors (Lipinski definition) is 0. The van der Waals surface area contributed by atoms with Crippen LogP contribution in [0.1, 0.15) is 26.3 Å². The Labute approximate surface area is 115 Å². The van der Waals surface area contributed by atoms with Gasteiger partial charge in [0.25, 0.3) is 17.4 Å². The van der Waals surface area contributed by atoms with Crippen LogP contribution in [0.4, 0.5) is 0 Å². The minimum absolute atomic E-state index is 0.114. The quantitative estimate of drug-likeness (QED) is 0.768. The van der Waals surface area contributed by atoms with E-state index in [1.165, 1.54) is 15.5 Å². The maximum absolute atomic E-state index is 12.2. The first-order valence-corrected chi connectivity index (χ1v) is 6.19. The molecule has 3 rings (SSSR count). The molecule has 2 aromatic rings. The summed E-state index contributed by atoms with van der Waals surface area (Å²) in [6.45, 7) is 0.114. The number of rotatable bonds is 2. The van der Waals surface area contributed by atoms with Crippen molar-refractivity contribution in [1.29, 1.82) is 0 Å². The van der Waals surface area contributed by atoms with Gasteiger partial charge >= 0.3 is 0 Å². The number of carbonyl (C=O) groups is 2. The van der Waals surface area contributed by atoms with E-state index in [9.17, 15) is 14.4 Å². The van der Waals surface area contributed by atoms with Crippen LogP contribution in [0.25, 0.3) is 0 Å². The fourth-order valence-corrected chi connectivity index (χ4v) is 2.25. The number of amides is 2. The molecule has 0 bridgehead atoms. The van der Waals surface area contributed by atoms with Crippen LogP contribution in [0, 0.1) is 0 Å². The van der Waals surface area contributed by atoms with Crippen LogP contribution in [-0.2, 0) is 13.6 Å². The van der Waals surface area contributed by atoms with Gasteiger partial charge in [-0.2, -0.15) is 0 Å². The summed E-state index contributed by atoms with van der Waals surface area (Å²) in [5, 5.41) is 0. The average Bonchev–Trinajstić information content (AvgIpc) is 2.69. The zero-order chi connectivity index (χ0) is 14.3. The molecule has 100 valence electrons. The number of carbonyl (C=O) groups excluding carboxylic acids is 2. The van der Waals surface area contributed by atoms with Crippen molar-refractivity contribution in [1.82, 2.24) is 9.47 Å². The second-order valence-corrected chi connectivity index (χ2v) is 4.73. The van der Waals surface area contributed by atoms with Crippen molar-refractivity contribution < 1.29 is 9.59 Å². The number of benzene rings is 1. The molecule has 1 aliphatic heterocycles. The first-order valence-electron chi connectivity index (χ1n) is 6.19. The van der Waals surface area contributed by atoms with E-state index in [-0.39, 0.29) is 23.9 Å². The van der Waals surface area contributed by atoms with Crippen molar-refractivity contribution in [3.8, 4) is 0 Å². The smallest absolute Gasteiger partial charge is 0.261 e. The van der Waals surface area contributed by atoms with Gasteiger partial charge in [0, 0.05) is 19.3 Å². The number of aromatic nitrogens is 1. The predicted molar refractivity (Wildman–Crippen MR) is 72.3 cm³/mol. The zero-order valence-corrected chi connectivity index (χ0v) is 10.9. The molecule has 5 heteroatoms. The lowest BCUT2D eigenvalue weighted by molar-refractivity contribution is 0.0642. The highest BCUT2D eigenvalue weighted by Crippen LogP contribution is 2.23. The first-order chi connectivity index (χ1) is 9.58. The first kappa shape index (κ1) is 12.3. The van der Waals surface area contributed by atoms with Crippen molar-refractivity contribution in [2.45, 2.75) is 6.54 Å². The molecule has 0 spiro atoms. The second-order valence-electron chi connectivity index (χ2n) is 4.73. The van der Waals surface area contributed by atoms with Crippen LogP contribution in [0.5, 0.6) is 0 Å². The molecular weight excluding hydrogens is 256 g/mol. The fraction of sp³-hybridized carbons (Fsp3) is 0.133. The largest absolute Gasteiger partial charge is 0.319 e. The molecule has 5 nitrogen and oxygen atoms in total. The number of pyridine rings is 1. The predicted octanol–water partition coefficient (Wildman–Crippen LogP) is 1.18. The lowest BCUT2D eigenvalue weighted by Gasteiger charge is -2.13. The van der Waals surface area contributed by atoms with Gasteiger partial charge in [0.15, 0.2) is 0 Å². The lowest BCUT2D eigenvalue weighted by atomic mass is 10.1. The molecule has 2 amide bonds. The highest BCUT2D eigenvalue weighted by atomic mass is 16.2. The lowest BCUT2D eigenvalue weighted by Crippen LogP contribution is -2.30. The summed E-state index contributed by atoms with van der Waals surface area (Å²) in [5.74, 6) is -0.627. The number of hydrogen-bond acceptors (Lipinski definition) is 3. The molecule has 0 fully saturated rings. The minimum Gasteiger partial charge on any atom is -0.319 e. The van der Waals surface area contributed by atoms with Gasteiger partial charge in [-0.25, -0.2) is 0 Å². The topological polar surface area (TPSA) is 59.4 Å². The summed E-state index contributed by atoms with van der Waals surface area (Å²) >= 11 is 0. The van der Waals surface area contributed by atoms with Crippen LogP contribution < -0.4 is 5.56 Å². The van der Waals surface area contributed by atoms with Crippen LogP contribution in [-0.4, -0.2) is 21.3 Å². The van der Waals surface area contributed by atoms with Gasteiger partial charge in [-0.3, -0.25) is 19.3 Å². The Balaban J connectivity index is 1.93. The van der Waals surface area contributed by atoms with Crippen LogP contribution >= 0.6 is 0 Å². The van der Waals surface area contributed by atoms with E-state index in [0.29, 0.717) is 16.7 Å². The van der Waals surface area contributed by atoms with Crippen molar-refractivity contribution >= 4 is 11.8 Å². The van der Waals surface area contributed by atoms with Crippen LogP contribution in [0.3, 0.4) is 0 Å². The Bertz CT molecular complexity index is 742. The summed E-state index contributed by atoms with van der Waals surface area (Å²) in [4.78, 5) is 37.1. The van der Waals surface area contributed by atoms with Gasteiger partial charge in [-0.15, -0.1) is 0 Å². The molecule has 0 aliphatic carbocycles. The van der Waals surface area contributed by atoms with E-state index in [0.717, 1.165) is 0 Å². The van der Waals surface area contributed by atoms with Crippen molar-refractivity contribution in [2.24, 2.45) is 7.05 Å². The van der Waals surface area contributed by atoms with Gasteiger partial charge in [0.05, 0.1) is 17.7 Å². The molecule has 1 aromatic heterocycles. The van der Waals surface area contributed by atoms with E-state index in [1.807, 2.05) is 0 Å². The third kappa shape index (κ3) is 1.84. The molecule has 1 aliphatic rings. The Morgan fingerprint density at radius 1 is 0.950 bits per heavy atom. The summed E-state index contributed by atoms with van der Waals surface area (Å²) < 4.78 is 1.44. The molecule has 1 aromatic carbocycles. The monoisotopic (exact) mass is 268 g/mol. The van der Waals surface area contributed by atoms with Gasteiger partial charge < -0.3 is 4.57 Å². The molecule has 0 N–H and O–H groups in total. The Kier molecular flexibility index (Phi) is 2.75. The van der Waals surface area contributed by atoms with E-state index >= 15 is 0 Å². The summed E-state index contributed by atoms with van der Waals surface area (Å²) in [7, 11) is 1.65. The van der Waals surface area contributed by atoms with E-state index in [2.05, 4.69) is 0 Å². The SMILES string of the molecule is Cn1ccc(CN2C(=O)c3ccccc3C2=O)cc1=O. The Morgan fingerprint density at radius 2 is 1.55 bits per heavy atom.